The van der Waals surface area contributed by atoms with Gasteiger partial charge in [-0.1, -0.05) is 48.0 Å². The van der Waals surface area contributed by atoms with E-state index in [1.54, 1.807) is 12.4 Å². The molecule has 7 heteroatoms. The summed E-state index contributed by atoms with van der Waals surface area (Å²) in [5.74, 6) is 1.51. The Bertz CT molecular complexity index is 1750. The summed E-state index contributed by atoms with van der Waals surface area (Å²) in [5, 5.41) is 0.590. The topological polar surface area (TPSA) is 61.4 Å². The van der Waals surface area contributed by atoms with E-state index in [0.717, 1.165) is 56.5 Å². The van der Waals surface area contributed by atoms with Gasteiger partial charge in [0.05, 0.1) is 0 Å². The molecule has 0 aliphatic rings. The first kappa shape index (κ1) is 21.5. The number of benzene rings is 3. The van der Waals surface area contributed by atoms with Gasteiger partial charge in [-0.05, 0) is 66.7 Å². The number of fused-ring (bicyclic) bond motifs is 2. The highest BCUT2D eigenvalue weighted by atomic mass is 35.5. The predicted molar refractivity (Wildman–Crippen MR) is 147 cm³/mol. The van der Waals surface area contributed by atoms with Crippen LogP contribution in [0.25, 0.3) is 56.5 Å². The van der Waals surface area contributed by atoms with Crippen molar-refractivity contribution >= 4 is 33.9 Å². The fraction of sp³-hybridized carbons (Fsp3) is 0. The molecule has 0 N–H and O–H groups in total. The summed E-state index contributed by atoms with van der Waals surface area (Å²) in [7, 11) is 0. The first-order valence-corrected chi connectivity index (χ1v) is 12.2. The molecule has 0 unspecified atom stereocenters. The molecule has 7 rings (SSSR count). The fourth-order valence-corrected chi connectivity index (χ4v) is 4.94. The third-order valence-electron chi connectivity index (χ3n) is 6.28. The summed E-state index contributed by atoms with van der Waals surface area (Å²) < 4.78 is 4.12. The standard InChI is InChI=1S/C30H19ClN6/c31-22-18-20(27-34-25-13-7-15-32-29(25)36(27)23-9-3-1-4-10-23)17-21(19-22)28-35-26-14-8-16-33-30(26)37(28)24-11-5-2-6-12-24/h1-19H. The van der Waals surface area contributed by atoms with Crippen LogP contribution in [0.2, 0.25) is 5.02 Å². The van der Waals surface area contributed by atoms with E-state index in [1.807, 2.05) is 97.1 Å². The van der Waals surface area contributed by atoms with Crippen LogP contribution in [0, 0.1) is 0 Å². The second-order valence-corrected chi connectivity index (χ2v) is 9.07. The first-order valence-electron chi connectivity index (χ1n) is 11.9. The molecule has 7 aromatic rings. The molecule has 0 spiro atoms. The van der Waals surface area contributed by atoms with Crippen LogP contribution in [-0.2, 0) is 0 Å². The van der Waals surface area contributed by atoms with E-state index in [2.05, 4.69) is 25.2 Å². The quantitative estimate of drug-likeness (QED) is 0.259. The molecule has 37 heavy (non-hydrogen) atoms. The lowest BCUT2D eigenvalue weighted by Gasteiger charge is -2.12. The molecule has 3 aromatic carbocycles. The molecule has 0 atom stereocenters. The normalized spacial score (nSPS) is 11.4. The lowest BCUT2D eigenvalue weighted by molar-refractivity contribution is 1.07. The van der Waals surface area contributed by atoms with Gasteiger partial charge in [0.2, 0.25) is 0 Å². The van der Waals surface area contributed by atoms with Crippen LogP contribution in [0.1, 0.15) is 0 Å². The van der Waals surface area contributed by atoms with Crippen molar-refractivity contribution in [2.45, 2.75) is 0 Å². The molecule has 0 saturated carbocycles. The van der Waals surface area contributed by atoms with Gasteiger partial charge in [0.1, 0.15) is 22.7 Å². The molecule has 0 radical (unpaired) electrons. The number of hydrogen-bond acceptors (Lipinski definition) is 4. The van der Waals surface area contributed by atoms with Crippen LogP contribution in [0.5, 0.6) is 0 Å². The largest absolute Gasteiger partial charge is 0.277 e. The smallest absolute Gasteiger partial charge is 0.164 e. The maximum Gasteiger partial charge on any atom is 0.164 e. The van der Waals surface area contributed by atoms with Gasteiger partial charge in [-0.25, -0.2) is 19.9 Å². The maximum absolute atomic E-state index is 6.74. The Morgan fingerprint density at radius 2 is 0.973 bits per heavy atom. The van der Waals surface area contributed by atoms with Crippen molar-refractivity contribution in [2.75, 3.05) is 0 Å². The highest BCUT2D eigenvalue weighted by Gasteiger charge is 2.20. The van der Waals surface area contributed by atoms with Crippen LogP contribution in [0.3, 0.4) is 0 Å². The predicted octanol–water partition coefficient (Wildman–Crippen LogP) is 7.14. The minimum atomic E-state index is 0.590. The highest BCUT2D eigenvalue weighted by molar-refractivity contribution is 6.31. The van der Waals surface area contributed by atoms with Crippen molar-refractivity contribution in [1.29, 1.82) is 0 Å². The van der Waals surface area contributed by atoms with E-state index in [4.69, 9.17) is 21.6 Å². The lowest BCUT2D eigenvalue weighted by atomic mass is 10.1. The number of nitrogens with zero attached hydrogens (tertiary/aromatic N) is 6. The van der Waals surface area contributed by atoms with E-state index in [9.17, 15) is 0 Å². The van der Waals surface area contributed by atoms with E-state index >= 15 is 0 Å². The zero-order chi connectivity index (χ0) is 24.8. The van der Waals surface area contributed by atoms with Gasteiger partial charge in [-0.3, -0.25) is 9.13 Å². The number of rotatable bonds is 4. The number of halogens is 1. The summed E-state index contributed by atoms with van der Waals surface area (Å²) in [5.41, 5.74) is 6.86. The average Bonchev–Trinajstić information content (AvgIpc) is 3.53. The van der Waals surface area contributed by atoms with Crippen molar-refractivity contribution in [3.05, 3.63) is 121 Å². The molecule has 0 saturated heterocycles. The van der Waals surface area contributed by atoms with Crippen molar-refractivity contribution < 1.29 is 0 Å². The molecule has 0 aliphatic carbocycles. The number of imidazole rings is 2. The van der Waals surface area contributed by atoms with E-state index in [0.29, 0.717) is 5.02 Å². The Morgan fingerprint density at radius 3 is 1.43 bits per heavy atom. The number of pyridine rings is 2. The van der Waals surface area contributed by atoms with Gasteiger partial charge in [0, 0.05) is 39.9 Å². The second-order valence-electron chi connectivity index (χ2n) is 8.63. The Balaban J connectivity index is 1.49. The van der Waals surface area contributed by atoms with Crippen LogP contribution < -0.4 is 0 Å². The molecule has 0 bridgehead atoms. The van der Waals surface area contributed by atoms with E-state index in [1.165, 1.54) is 0 Å². The lowest BCUT2D eigenvalue weighted by Crippen LogP contribution is -2.00. The van der Waals surface area contributed by atoms with Crippen LogP contribution in [-0.4, -0.2) is 29.1 Å². The molecule has 0 aliphatic heterocycles. The second kappa shape index (κ2) is 8.69. The van der Waals surface area contributed by atoms with Gasteiger partial charge >= 0.3 is 0 Å². The van der Waals surface area contributed by atoms with Gasteiger partial charge in [-0.15, -0.1) is 0 Å². The summed E-state index contributed by atoms with van der Waals surface area (Å²) in [6.07, 6.45) is 3.57. The monoisotopic (exact) mass is 498 g/mol. The van der Waals surface area contributed by atoms with Gasteiger partial charge in [0.15, 0.2) is 11.3 Å². The molecule has 0 fully saturated rings. The van der Waals surface area contributed by atoms with E-state index < -0.39 is 0 Å². The van der Waals surface area contributed by atoms with E-state index in [-0.39, 0.29) is 0 Å². The van der Waals surface area contributed by atoms with Crippen molar-refractivity contribution in [1.82, 2.24) is 29.1 Å². The Kier molecular flexibility index (Phi) is 5.04. The zero-order valence-corrected chi connectivity index (χ0v) is 20.3. The summed E-state index contributed by atoms with van der Waals surface area (Å²) in [6.45, 7) is 0. The van der Waals surface area contributed by atoms with Gasteiger partial charge in [0.25, 0.3) is 0 Å². The molecule has 4 heterocycles. The number of para-hydroxylation sites is 2. The minimum absolute atomic E-state index is 0.590. The number of aromatic nitrogens is 6. The summed E-state index contributed by atoms with van der Waals surface area (Å²) >= 11 is 6.74. The Hall–Kier alpha value is -4.81. The summed E-state index contributed by atoms with van der Waals surface area (Å²) in [6, 6.07) is 33.9. The zero-order valence-electron chi connectivity index (χ0n) is 19.5. The van der Waals surface area contributed by atoms with Crippen LogP contribution in [0.4, 0.5) is 0 Å². The third kappa shape index (κ3) is 3.66. The van der Waals surface area contributed by atoms with Gasteiger partial charge < -0.3 is 0 Å². The van der Waals surface area contributed by atoms with Crippen molar-refractivity contribution in [3.8, 4) is 34.2 Å². The summed E-state index contributed by atoms with van der Waals surface area (Å²) in [4.78, 5) is 19.2. The molecule has 0 amide bonds. The molecule has 176 valence electrons. The SMILES string of the molecule is Clc1cc(-c2nc3cccnc3n2-c2ccccc2)cc(-c2nc3cccnc3n2-c2ccccc2)c1. The molecule has 6 nitrogen and oxygen atoms in total. The Labute approximate surface area is 217 Å². The van der Waals surface area contributed by atoms with Crippen molar-refractivity contribution in [2.24, 2.45) is 0 Å². The highest BCUT2D eigenvalue weighted by Crippen LogP contribution is 2.35. The van der Waals surface area contributed by atoms with Crippen LogP contribution >= 0.6 is 11.6 Å². The number of hydrogen-bond donors (Lipinski definition) is 0. The molecular weight excluding hydrogens is 480 g/mol. The molecular formula is C30H19ClN6. The first-order chi connectivity index (χ1) is 18.3. The Morgan fingerprint density at radius 1 is 0.514 bits per heavy atom. The average molecular weight is 499 g/mol. The van der Waals surface area contributed by atoms with Crippen molar-refractivity contribution in [3.63, 3.8) is 0 Å². The minimum Gasteiger partial charge on any atom is -0.277 e. The maximum atomic E-state index is 6.74. The fourth-order valence-electron chi connectivity index (χ4n) is 4.70. The third-order valence-corrected chi connectivity index (χ3v) is 6.49. The van der Waals surface area contributed by atoms with Gasteiger partial charge in [-0.2, -0.15) is 0 Å². The molecule has 4 aromatic heterocycles. The van der Waals surface area contributed by atoms with Crippen LogP contribution in [0.15, 0.2) is 116 Å².